The van der Waals surface area contributed by atoms with E-state index in [-0.39, 0.29) is 6.04 Å². The monoisotopic (exact) mass is 310 g/mol. The van der Waals surface area contributed by atoms with E-state index in [4.69, 9.17) is 4.74 Å². The smallest absolute Gasteiger partial charge is 0.208 e. The van der Waals surface area contributed by atoms with Gasteiger partial charge in [-0.15, -0.1) is 0 Å². The Morgan fingerprint density at radius 3 is 2.90 bits per heavy atom. The van der Waals surface area contributed by atoms with E-state index in [1.54, 1.807) is 7.11 Å². The SMILES string of the molecule is COc1ccccc1/C=C/CN1CCC(NS(C)(=O)=O)C1. The highest BCUT2D eigenvalue weighted by Crippen LogP contribution is 2.19. The largest absolute Gasteiger partial charge is 0.496 e. The molecule has 0 spiro atoms. The highest BCUT2D eigenvalue weighted by atomic mass is 32.2. The maximum absolute atomic E-state index is 11.2. The van der Waals surface area contributed by atoms with Gasteiger partial charge in [-0.25, -0.2) is 13.1 Å². The van der Waals surface area contributed by atoms with E-state index in [1.807, 2.05) is 30.3 Å². The van der Waals surface area contributed by atoms with E-state index >= 15 is 0 Å². The normalized spacial score (nSPS) is 20.2. The summed E-state index contributed by atoms with van der Waals surface area (Å²) in [5.41, 5.74) is 1.05. The molecule has 0 bridgehead atoms. The second-order valence-corrected chi connectivity index (χ2v) is 7.06. The first-order chi connectivity index (χ1) is 9.98. The first-order valence-electron chi connectivity index (χ1n) is 6.97. The fourth-order valence-electron chi connectivity index (χ4n) is 2.53. The molecule has 1 heterocycles. The zero-order chi connectivity index (χ0) is 15.3. The summed E-state index contributed by atoms with van der Waals surface area (Å²) in [4.78, 5) is 2.23. The zero-order valence-electron chi connectivity index (χ0n) is 12.5. The molecule has 1 atom stereocenters. The first kappa shape index (κ1) is 16.0. The second kappa shape index (κ2) is 7.06. The zero-order valence-corrected chi connectivity index (χ0v) is 13.3. The summed E-state index contributed by atoms with van der Waals surface area (Å²) in [5.74, 6) is 0.854. The average Bonchev–Trinajstić information content (AvgIpc) is 2.84. The lowest BCUT2D eigenvalue weighted by Gasteiger charge is -2.14. The Morgan fingerprint density at radius 1 is 1.43 bits per heavy atom. The number of sulfonamides is 1. The molecule has 1 N–H and O–H groups in total. The summed E-state index contributed by atoms with van der Waals surface area (Å²) in [6, 6.07) is 7.89. The fourth-order valence-corrected chi connectivity index (χ4v) is 3.33. The van der Waals surface area contributed by atoms with Crippen LogP contribution in [0.5, 0.6) is 5.75 Å². The second-order valence-electron chi connectivity index (χ2n) is 5.28. The molecule has 1 aromatic rings. The molecule has 1 aliphatic rings. The summed E-state index contributed by atoms with van der Waals surface area (Å²) in [5, 5.41) is 0. The van der Waals surface area contributed by atoms with Gasteiger partial charge in [-0.2, -0.15) is 0 Å². The molecule has 2 rings (SSSR count). The predicted molar refractivity (Wildman–Crippen MR) is 84.9 cm³/mol. The molecule has 21 heavy (non-hydrogen) atoms. The molecule has 5 nitrogen and oxygen atoms in total. The Labute approximate surface area is 126 Å². The number of nitrogens with one attached hydrogen (secondary N) is 1. The van der Waals surface area contributed by atoms with Gasteiger partial charge in [0.2, 0.25) is 10.0 Å². The highest BCUT2D eigenvalue weighted by molar-refractivity contribution is 7.88. The Morgan fingerprint density at radius 2 is 2.19 bits per heavy atom. The predicted octanol–water partition coefficient (Wildman–Crippen LogP) is 1.33. The molecule has 1 unspecified atom stereocenters. The van der Waals surface area contributed by atoms with Crippen LogP contribution in [0.25, 0.3) is 6.08 Å². The molecule has 0 saturated carbocycles. The van der Waals surface area contributed by atoms with Crippen molar-refractivity contribution in [1.29, 1.82) is 0 Å². The Bertz CT molecular complexity index is 599. The van der Waals surface area contributed by atoms with Gasteiger partial charge in [-0.05, 0) is 12.5 Å². The number of benzene rings is 1. The molecule has 1 fully saturated rings. The minimum absolute atomic E-state index is 0.0275. The number of ether oxygens (including phenoxy) is 1. The third-order valence-corrected chi connectivity index (χ3v) is 4.21. The Kier molecular flexibility index (Phi) is 5.39. The standard InChI is InChI=1S/C15H22N2O3S/c1-20-15-8-4-3-6-13(15)7-5-10-17-11-9-14(12-17)16-21(2,18)19/h3-8,14,16H,9-12H2,1-2H3/b7-5+. The molecular weight excluding hydrogens is 288 g/mol. The van der Waals surface area contributed by atoms with Crippen molar-refractivity contribution >= 4 is 16.1 Å². The fraction of sp³-hybridized carbons (Fsp3) is 0.467. The molecule has 6 heteroatoms. The molecule has 0 aromatic heterocycles. The van der Waals surface area contributed by atoms with E-state index < -0.39 is 10.0 Å². The van der Waals surface area contributed by atoms with Gasteiger partial charge in [-0.3, -0.25) is 4.90 Å². The van der Waals surface area contributed by atoms with Gasteiger partial charge < -0.3 is 4.74 Å². The van der Waals surface area contributed by atoms with Gasteiger partial charge in [0.15, 0.2) is 0 Å². The van der Waals surface area contributed by atoms with Gasteiger partial charge in [-0.1, -0.05) is 30.4 Å². The summed E-state index contributed by atoms with van der Waals surface area (Å²) in [6.07, 6.45) is 6.18. The van der Waals surface area contributed by atoms with E-state index in [0.29, 0.717) is 0 Å². The van der Waals surface area contributed by atoms with Crippen LogP contribution >= 0.6 is 0 Å². The number of likely N-dealkylation sites (tertiary alicyclic amines) is 1. The molecule has 0 radical (unpaired) electrons. The topological polar surface area (TPSA) is 58.6 Å². The van der Waals surface area contributed by atoms with E-state index in [9.17, 15) is 8.42 Å². The molecule has 0 amide bonds. The van der Waals surface area contributed by atoms with Gasteiger partial charge in [0.1, 0.15) is 5.75 Å². The van der Waals surface area contributed by atoms with Crippen molar-refractivity contribution in [2.75, 3.05) is 33.0 Å². The van der Waals surface area contributed by atoms with E-state index in [2.05, 4.69) is 15.7 Å². The summed E-state index contributed by atoms with van der Waals surface area (Å²) >= 11 is 0. The lowest BCUT2D eigenvalue weighted by atomic mass is 10.2. The van der Waals surface area contributed by atoms with Crippen LogP contribution in [0.15, 0.2) is 30.3 Å². The van der Waals surface area contributed by atoms with Gasteiger partial charge >= 0.3 is 0 Å². The number of hydrogen-bond donors (Lipinski definition) is 1. The Balaban J connectivity index is 1.85. The van der Waals surface area contributed by atoms with Crippen molar-refractivity contribution in [3.8, 4) is 5.75 Å². The molecule has 116 valence electrons. The van der Waals surface area contributed by atoms with Crippen molar-refractivity contribution in [3.63, 3.8) is 0 Å². The van der Waals surface area contributed by atoms with Crippen LogP contribution in [-0.2, 0) is 10.0 Å². The van der Waals surface area contributed by atoms with Crippen LogP contribution in [0.4, 0.5) is 0 Å². The van der Waals surface area contributed by atoms with Gasteiger partial charge in [0.25, 0.3) is 0 Å². The number of nitrogens with zero attached hydrogens (tertiary/aromatic N) is 1. The van der Waals surface area contributed by atoms with Crippen LogP contribution in [0.2, 0.25) is 0 Å². The molecule has 1 aliphatic heterocycles. The number of methoxy groups -OCH3 is 1. The van der Waals surface area contributed by atoms with E-state index in [1.165, 1.54) is 6.26 Å². The molecule has 1 aromatic carbocycles. The van der Waals surface area contributed by atoms with Gasteiger partial charge in [0, 0.05) is 31.2 Å². The summed E-state index contributed by atoms with van der Waals surface area (Å²) in [6.45, 7) is 2.47. The lowest BCUT2D eigenvalue weighted by molar-refractivity contribution is 0.369. The quantitative estimate of drug-likeness (QED) is 0.861. The average molecular weight is 310 g/mol. The molecule has 1 saturated heterocycles. The van der Waals surface area contributed by atoms with Crippen molar-refractivity contribution in [3.05, 3.63) is 35.9 Å². The summed E-state index contributed by atoms with van der Waals surface area (Å²) < 4.78 is 30.4. The van der Waals surface area contributed by atoms with Crippen molar-refractivity contribution < 1.29 is 13.2 Å². The third kappa shape index (κ3) is 5.15. The third-order valence-electron chi connectivity index (χ3n) is 3.45. The molecular formula is C15H22N2O3S. The first-order valence-corrected chi connectivity index (χ1v) is 8.86. The van der Waals surface area contributed by atoms with Crippen LogP contribution in [0.3, 0.4) is 0 Å². The number of para-hydroxylation sites is 1. The summed E-state index contributed by atoms with van der Waals surface area (Å²) in [7, 11) is -1.45. The van der Waals surface area contributed by atoms with Crippen molar-refractivity contribution in [2.45, 2.75) is 12.5 Å². The van der Waals surface area contributed by atoms with Crippen LogP contribution in [0.1, 0.15) is 12.0 Å². The highest BCUT2D eigenvalue weighted by Gasteiger charge is 2.23. The van der Waals surface area contributed by atoms with Crippen LogP contribution in [-0.4, -0.2) is 52.4 Å². The van der Waals surface area contributed by atoms with Gasteiger partial charge in [0.05, 0.1) is 13.4 Å². The van der Waals surface area contributed by atoms with Crippen LogP contribution < -0.4 is 9.46 Å². The maximum Gasteiger partial charge on any atom is 0.208 e. The number of hydrogen-bond acceptors (Lipinski definition) is 4. The lowest BCUT2D eigenvalue weighted by Crippen LogP contribution is -2.36. The minimum atomic E-state index is -3.11. The van der Waals surface area contributed by atoms with Crippen molar-refractivity contribution in [2.24, 2.45) is 0 Å². The van der Waals surface area contributed by atoms with E-state index in [0.717, 1.165) is 37.4 Å². The molecule has 0 aliphatic carbocycles. The Hall–Kier alpha value is -1.37. The van der Waals surface area contributed by atoms with Crippen LogP contribution in [0, 0.1) is 0 Å². The van der Waals surface area contributed by atoms with Crippen molar-refractivity contribution in [1.82, 2.24) is 9.62 Å². The number of rotatable bonds is 6. The maximum atomic E-state index is 11.2. The minimum Gasteiger partial charge on any atom is -0.496 e.